The summed E-state index contributed by atoms with van der Waals surface area (Å²) in [7, 11) is 0. The van der Waals surface area contributed by atoms with Crippen molar-refractivity contribution in [3.8, 4) is 11.1 Å². The minimum atomic E-state index is 1.05. The molecule has 4 rings (SSSR count). The molecule has 2 aromatic carbocycles. The Hall–Kier alpha value is -2.12. The smallest absolute Gasteiger partial charge is 0.0308 e. The van der Waals surface area contributed by atoms with E-state index in [1.54, 1.807) is 0 Å². The number of thiophene rings is 1. The highest BCUT2D eigenvalue weighted by Gasteiger charge is 2.21. The van der Waals surface area contributed by atoms with Crippen LogP contribution in [0.3, 0.4) is 0 Å². The molecular formula is C22H20S. The fourth-order valence-electron chi connectivity index (χ4n) is 3.49. The summed E-state index contributed by atoms with van der Waals surface area (Å²) >= 11 is 1.90. The Kier molecular flexibility index (Phi) is 3.46. The highest BCUT2D eigenvalue weighted by Crippen LogP contribution is 2.41. The second-order valence-corrected chi connectivity index (χ2v) is 7.68. The van der Waals surface area contributed by atoms with E-state index in [4.69, 9.17) is 0 Å². The van der Waals surface area contributed by atoms with Crippen molar-refractivity contribution in [3.05, 3.63) is 80.5 Å². The molecule has 0 unspecified atom stereocenters. The maximum atomic E-state index is 2.41. The molecule has 1 heterocycles. The lowest BCUT2D eigenvalue weighted by Crippen LogP contribution is -1.95. The normalized spacial score (nSPS) is 13.1. The lowest BCUT2D eigenvalue weighted by atomic mass is 9.90. The number of allylic oxidation sites excluding steroid dienone is 1. The summed E-state index contributed by atoms with van der Waals surface area (Å²) in [5.74, 6) is 0. The van der Waals surface area contributed by atoms with Gasteiger partial charge in [-0.1, -0.05) is 36.4 Å². The fourth-order valence-corrected chi connectivity index (χ4v) is 4.37. The largest absolute Gasteiger partial charge is 0.141 e. The Balaban J connectivity index is 1.91. The van der Waals surface area contributed by atoms with Crippen LogP contribution >= 0.6 is 11.3 Å². The molecular weight excluding hydrogens is 296 g/mol. The van der Waals surface area contributed by atoms with Gasteiger partial charge in [0.2, 0.25) is 0 Å². The van der Waals surface area contributed by atoms with Gasteiger partial charge in [-0.3, -0.25) is 0 Å². The predicted octanol–water partition coefficient (Wildman–Crippen LogP) is 6.44. The van der Waals surface area contributed by atoms with E-state index < -0.39 is 0 Å². The Morgan fingerprint density at radius 1 is 0.913 bits per heavy atom. The van der Waals surface area contributed by atoms with Crippen molar-refractivity contribution >= 4 is 23.0 Å². The predicted molar refractivity (Wildman–Crippen MR) is 102 cm³/mol. The summed E-state index contributed by atoms with van der Waals surface area (Å²) in [6.45, 7) is 6.66. The maximum Gasteiger partial charge on any atom is 0.0308 e. The van der Waals surface area contributed by atoms with E-state index in [9.17, 15) is 0 Å². The Labute approximate surface area is 142 Å². The first kappa shape index (κ1) is 14.5. The van der Waals surface area contributed by atoms with Gasteiger partial charge in [0.1, 0.15) is 0 Å². The molecule has 1 aliphatic carbocycles. The van der Waals surface area contributed by atoms with Gasteiger partial charge in [-0.2, -0.15) is 0 Å². The van der Waals surface area contributed by atoms with Crippen LogP contribution in [0.15, 0.2) is 48.5 Å². The van der Waals surface area contributed by atoms with Crippen molar-refractivity contribution in [2.75, 3.05) is 0 Å². The van der Waals surface area contributed by atoms with Crippen molar-refractivity contribution in [2.24, 2.45) is 0 Å². The van der Waals surface area contributed by atoms with E-state index in [1.807, 2.05) is 11.3 Å². The van der Waals surface area contributed by atoms with Gasteiger partial charge in [0.05, 0.1) is 0 Å². The number of hydrogen-bond donors (Lipinski definition) is 0. The van der Waals surface area contributed by atoms with E-state index >= 15 is 0 Å². The van der Waals surface area contributed by atoms with Crippen LogP contribution in [0.5, 0.6) is 0 Å². The first-order chi connectivity index (χ1) is 11.1. The first-order valence-corrected chi connectivity index (χ1v) is 8.91. The second-order valence-electron chi connectivity index (χ2n) is 6.39. The van der Waals surface area contributed by atoms with E-state index in [-0.39, 0.29) is 0 Å². The number of fused-ring (bicyclic) bond motifs is 1. The van der Waals surface area contributed by atoms with Crippen LogP contribution in [0, 0.1) is 20.8 Å². The average Bonchev–Trinajstić information content (AvgIpc) is 3.15. The zero-order chi connectivity index (χ0) is 16.0. The zero-order valence-corrected chi connectivity index (χ0v) is 14.6. The number of aryl methyl sites for hydroxylation is 2. The molecule has 114 valence electrons. The van der Waals surface area contributed by atoms with Gasteiger partial charge in [-0.15, -0.1) is 11.3 Å². The summed E-state index contributed by atoms with van der Waals surface area (Å²) in [5.41, 5.74) is 9.86. The Morgan fingerprint density at radius 2 is 1.70 bits per heavy atom. The molecule has 1 aliphatic rings. The van der Waals surface area contributed by atoms with E-state index in [0.717, 1.165) is 6.42 Å². The molecule has 3 aromatic rings. The third-order valence-electron chi connectivity index (χ3n) is 4.79. The van der Waals surface area contributed by atoms with Crippen molar-refractivity contribution in [1.82, 2.24) is 0 Å². The van der Waals surface area contributed by atoms with E-state index in [2.05, 4.69) is 75.4 Å². The quantitative estimate of drug-likeness (QED) is 0.510. The lowest BCUT2D eigenvalue weighted by molar-refractivity contribution is 1.25. The standard InChI is InChI=1S/C22H20S/c1-14-11-18-12-19(21-10-9-15(2)23-21)13-20(18)22(16(14)3)17-7-5-4-6-8-17/h4-11,13H,12H2,1-3H3. The van der Waals surface area contributed by atoms with Crippen molar-refractivity contribution < 1.29 is 0 Å². The third-order valence-corrected chi connectivity index (χ3v) is 5.87. The van der Waals surface area contributed by atoms with Gasteiger partial charge < -0.3 is 0 Å². The van der Waals surface area contributed by atoms with Crippen molar-refractivity contribution in [1.29, 1.82) is 0 Å². The molecule has 0 bridgehead atoms. The van der Waals surface area contributed by atoms with Crippen LogP contribution in [-0.2, 0) is 6.42 Å². The Morgan fingerprint density at radius 3 is 2.39 bits per heavy atom. The molecule has 1 aromatic heterocycles. The summed E-state index contributed by atoms with van der Waals surface area (Å²) in [6, 6.07) is 17.7. The molecule has 0 saturated carbocycles. The van der Waals surface area contributed by atoms with E-state index in [1.165, 1.54) is 48.7 Å². The van der Waals surface area contributed by atoms with Gasteiger partial charge in [0.25, 0.3) is 0 Å². The van der Waals surface area contributed by atoms with Gasteiger partial charge in [-0.05, 0) is 84.4 Å². The molecule has 0 spiro atoms. The molecule has 0 amide bonds. The zero-order valence-electron chi connectivity index (χ0n) is 13.8. The highest BCUT2D eigenvalue weighted by molar-refractivity contribution is 7.13. The topological polar surface area (TPSA) is 0 Å². The SMILES string of the molecule is Cc1ccc(C2=Cc3c(cc(C)c(C)c3-c3ccccc3)C2)s1. The minimum Gasteiger partial charge on any atom is -0.141 e. The minimum absolute atomic E-state index is 1.05. The monoisotopic (exact) mass is 316 g/mol. The van der Waals surface area contributed by atoms with Gasteiger partial charge >= 0.3 is 0 Å². The molecule has 23 heavy (non-hydrogen) atoms. The molecule has 0 nitrogen and oxygen atoms in total. The van der Waals surface area contributed by atoms with E-state index in [0.29, 0.717) is 0 Å². The van der Waals surface area contributed by atoms with Crippen molar-refractivity contribution in [2.45, 2.75) is 27.2 Å². The molecule has 0 N–H and O–H groups in total. The summed E-state index contributed by atoms with van der Waals surface area (Å²) in [4.78, 5) is 2.79. The molecule has 0 radical (unpaired) electrons. The second kappa shape index (κ2) is 5.50. The van der Waals surface area contributed by atoms with Gasteiger partial charge in [0, 0.05) is 9.75 Å². The van der Waals surface area contributed by atoms with Gasteiger partial charge in [0.15, 0.2) is 0 Å². The summed E-state index contributed by atoms with van der Waals surface area (Å²) in [6.07, 6.45) is 3.46. The van der Waals surface area contributed by atoms with Crippen LogP contribution in [0.25, 0.3) is 22.8 Å². The number of benzene rings is 2. The highest BCUT2D eigenvalue weighted by atomic mass is 32.1. The third kappa shape index (κ3) is 2.46. The van der Waals surface area contributed by atoms with Gasteiger partial charge in [-0.25, -0.2) is 0 Å². The lowest BCUT2D eigenvalue weighted by Gasteiger charge is -2.14. The average molecular weight is 316 g/mol. The van der Waals surface area contributed by atoms with Crippen LogP contribution in [0.2, 0.25) is 0 Å². The summed E-state index contributed by atoms with van der Waals surface area (Å²) in [5, 5.41) is 0. The van der Waals surface area contributed by atoms with Crippen LogP contribution < -0.4 is 0 Å². The number of hydrogen-bond acceptors (Lipinski definition) is 1. The molecule has 1 heteroatoms. The molecule has 0 aliphatic heterocycles. The van der Waals surface area contributed by atoms with Crippen LogP contribution in [-0.4, -0.2) is 0 Å². The first-order valence-electron chi connectivity index (χ1n) is 8.09. The molecule has 0 fully saturated rings. The number of rotatable bonds is 2. The molecule has 0 atom stereocenters. The Bertz CT molecular complexity index is 911. The summed E-state index contributed by atoms with van der Waals surface area (Å²) < 4.78 is 0. The van der Waals surface area contributed by atoms with Crippen LogP contribution in [0.1, 0.15) is 32.0 Å². The molecule has 0 saturated heterocycles. The fraction of sp³-hybridized carbons (Fsp3) is 0.182. The van der Waals surface area contributed by atoms with Crippen molar-refractivity contribution in [3.63, 3.8) is 0 Å². The van der Waals surface area contributed by atoms with Crippen LogP contribution in [0.4, 0.5) is 0 Å². The maximum absolute atomic E-state index is 2.41.